The van der Waals surface area contributed by atoms with Gasteiger partial charge in [-0.15, -0.1) is 11.3 Å². The third-order valence-corrected chi connectivity index (χ3v) is 5.18. The smallest absolute Gasteiger partial charge is 0.264 e. The van der Waals surface area contributed by atoms with E-state index in [9.17, 15) is 14.9 Å². The molecule has 8 nitrogen and oxygen atoms in total. The normalized spacial score (nSPS) is 11.9. The number of fused-ring (bicyclic) bond motifs is 1. The monoisotopic (exact) mass is 422 g/mol. The molecule has 0 aliphatic carbocycles. The minimum absolute atomic E-state index is 0.0154. The summed E-state index contributed by atoms with van der Waals surface area (Å²) in [6, 6.07) is 5.57. The first-order chi connectivity index (χ1) is 14.1. The van der Waals surface area contributed by atoms with Gasteiger partial charge in [0.1, 0.15) is 23.0 Å². The Balaban J connectivity index is 1.87. The van der Waals surface area contributed by atoms with Gasteiger partial charge in [0, 0.05) is 30.6 Å². The van der Waals surface area contributed by atoms with Crippen LogP contribution < -0.4 is 5.32 Å². The molecule has 3 rings (SSSR count). The Morgan fingerprint density at radius 2 is 2.03 bits per heavy atom. The molecule has 3 aromatic rings. The number of carbonyl (C=O) groups excluding carboxylic acids is 2. The first-order valence-corrected chi connectivity index (χ1v) is 10.0. The number of carbonyl (C=O) groups is 2. The summed E-state index contributed by atoms with van der Waals surface area (Å²) in [5.41, 5.74) is 1.10. The molecular weight excluding hydrogens is 400 g/mol. The summed E-state index contributed by atoms with van der Waals surface area (Å²) in [5, 5.41) is 13.2. The van der Waals surface area contributed by atoms with Gasteiger partial charge in [0.25, 0.3) is 5.91 Å². The van der Waals surface area contributed by atoms with E-state index in [4.69, 9.17) is 0 Å². The second-order valence-corrected chi connectivity index (χ2v) is 9.05. The molecule has 0 saturated carbocycles. The van der Waals surface area contributed by atoms with Crippen LogP contribution in [-0.4, -0.2) is 45.6 Å². The molecule has 9 heteroatoms. The van der Waals surface area contributed by atoms with Crippen LogP contribution >= 0.6 is 11.3 Å². The Hall–Kier alpha value is -3.51. The third kappa shape index (κ3) is 4.39. The van der Waals surface area contributed by atoms with Crippen molar-refractivity contribution in [2.75, 3.05) is 19.4 Å². The van der Waals surface area contributed by atoms with E-state index in [-0.39, 0.29) is 17.3 Å². The molecule has 3 heterocycles. The SMILES string of the molecule is CN(C)C(=O)/C(C#N)=C/c1ccc(Nc2cnc3[nH]cc(C(=O)C(C)(C)C)c3n2)s1. The molecule has 0 fully saturated rings. The number of nitrogens with one attached hydrogen (secondary N) is 2. The summed E-state index contributed by atoms with van der Waals surface area (Å²) in [4.78, 5) is 38.7. The van der Waals surface area contributed by atoms with E-state index >= 15 is 0 Å². The minimum Gasteiger partial charge on any atom is -0.344 e. The van der Waals surface area contributed by atoms with Crippen molar-refractivity contribution in [2.45, 2.75) is 20.8 Å². The number of Topliss-reactive ketones (excluding diaryl/α,β-unsaturated/α-hetero) is 1. The number of thiophene rings is 1. The fourth-order valence-electron chi connectivity index (χ4n) is 2.68. The van der Waals surface area contributed by atoms with Crippen molar-refractivity contribution in [1.29, 1.82) is 5.26 Å². The Morgan fingerprint density at radius 1 is 1.30 bits per heavy atom. The lowest BCUT2D eigenvalue weighted by molar-refractivity contribution is -0.124. The topological polar surface area (TPSA) is 115 Å². The van der Waals surface area contributed by atoms with Crippen molar-refractivity contribution >= 4 is 51.1 Å². The highest BCUT2D eigenvalue weighted by Crippen LogP contribution is 2.29. The van der Waals surface area contributed by atoms with Crippen LogP contribution in [-0.2, 0) is 4.79 Å². The highest BCUT2D eigenvalue weighted by atomic mass is 32.1. The number of rotatable bonds is 5. The van der Waals surface area contributed by atoms with Crippen molar-refractivity contribution in [3.8, 4) is 6.07 Å². The molecule has 0 saturated heterocycles. The maximum absolute atomic E-state index is 12.7. The molecule has 0 bridgehead atoms. The van der Waals surface area contributed by atoms with Crippen LogP contribution in [0.1, 0.15) is 36.0 Å². The molecule has 1 amide bonds. The first kappa shape index (κ1) is 21.2. The molecular formula is C21H22N6O2S. The van der Waals surface area contributed by atoms with E-state index in [1.165, 1.54) is 16.2 Å². The Kier molecular flexibility index (Phi) is 5.71. The summed E-state index contributed by atoms with van der Waals surface area (Å²) in [6.07, 6.45) is 4.77. The number of aromatic amines is 1. The molecule has 0 aliphatic heterocycles. The second kappa shape index (κ2) is 8.08. The molecule has 30 heavy (non-hydrogen) atoms. The van der Waals surface area contributed by atoms with Crippen molar-refractivity contribution in [1.82, 2.24) is 19.9 Å². The predicted octanol–water partition coefficient (Wildman–Crippen LogP) is 3.99. The molecule has 3 aromatic heterocycles. The number of ketones is 1. The number of nitriles is 1. The van der Waals surface area contributed by atoms with Crippen molar-refractivity contribution in [3.05, 3.63) is 40.5 Å². The zero-order valence-electron chi connectivity index (χ0n) is 17.4. The minimum atomic E-state index is -0.530. The zero-order valence-corrected chi connectivity index (χ0v) is 18.2. The van der Waals surface area contributed by atoms with Crippen molar-refractivity contribution in [2.24, 2.45) is 5.41 Å². The zero-order chi connectivity index (χ0) is 22.1. The van der Waals surface area contributed by atoms with Crippen molar-refractivity contribution < 1.29 is 9.59 Å². The van der Waals surface area contributed by atoms with Gasteiger partial charge in [0.2, 0.25) is 0 Å². The summed E-state index contributed by atoms with van der Waals surface area (Å²) in [6.45, 7) is 5.59. The lowest BCUT2D eigenvalue weighted by Crippen LogP contribution is -2.22. The van der Waals surface area contributed by atoms with Crippen LogP contribution in [0, 0.1) is 16.7 Å². The summed E-state index contributed by atoms with van der Waals surface area (Å²) >= 11 is 1.37. The number of amides is 1. The van der Waals surface area contributed by atoms with E-state index in [1.807, 2.05) is 39.0 Å². The van der Waals surface area contributed by atoms with Gasteiger partial charge in [-0.05, 0) is 18.2 Å². The summed E-state index contributed by atoms with van der Waals surface area (Å²) in [5.74, 6) is 0.130. The molecule has 0 aromatic carbocycles. The number of hydrogen-bond acceptors (Lipinski definition) is 7. The maximum Gasteiger partial charge on any atom is 0.264 e. The average molecular weight is 423 g/mol. The Labute approximate surface area is 178 Å². The van der Waals surface area contributed by atoms with Crippen LogP contribution in [0.5, 0.6) is 0 Å². The second-order valence-electron chi connectivity index (χ2n) is 7.93. The quantitative estimate of drug-likeness (QED) is 0.365. The number of hydrogen-bond donors (Lipinski definition) is 2. The fourth-order valence-corrected chi connectivity index (χ4v) is 3.54. The van der Waals surface area contributed by atoms with Gasteiger partial charge >= 0.3 is 0 Å². The molecule has 0 spiro atoms. The number of likely N-dealkylation sites (N-methyl/N-ethyl adjacent to an activating group) is 1. The van der Waals surface area contributed by atoms with Gasteiger partial charge in [-0.1, -0.05) is 20.8 Å². The van der Waals surface area contributed by atoms with Gasteiger partial charge in [-0.25, -0.2) is 9.97 Å². The van der Waals surface area contributed by atoms with Gasteiger partial charge in [0.05, 0.1) is 16.8 Å². The Morgan fingerprint density at radius 3 is 2.67 bits per heavy atom. The lowest BCUT2D eigenvalue weighted by atomic mass is 9.87. The van der Waals surface area contributed by atoms with Crippen LogP contribution in [0.25, 0.3) is 17.2 Å². The Bertz CT molecular complexity index is 1190. The van der Waals surface area contributed by atoms with Crippen LogP contribution in [0.15, 0.2) is 30.1 Å². The summed E-state index contributed by atoms with van der Waals surface area (Å²) < 4.78 is 0. The highest BCUT2D eigenvalue weighted by molar-refractivity contribution is 7.17. The molecule has 0 atom stereocenters. The van der Waals surface area contributed by atoms with Gasteiger partial charge in [-0.2, -0.15) is 5.26 Å². The van der Waals surface area contributed by atoms with E-state index in [0.717, 1.165) is 9.88 Å². The van der Waals surface area contributed by atoms with Crippen LogP contribution in [0.4, 0.5) is 10.8 Å². The molecule has 0 aliphatic rings. The fraction of sp³-hybridized carbons (Fsp3) is 0.286. The maximum atomic E-state index is 12.7. The molecule has 0 unspecified atom stereocenters. The largest absolute Gasteiger partial charge is 0.344 e. The number of aromatic nitrogens is 3. The molecule has 154 valence electrons. The van der Waals surface area contributed by atoms with E-state index in [2.05, 4.69) is 20.3 Å². The van der Waals surface area contributed by atoms with E-state index < -0.39 is 5.41 Å². The van der Waals surface area contributed by atoms with Crippen LogP contribution in [0.2, 0.25) is 0 Å². The lowest BCUT2D eigenvalue weighted by Gasteiger charge is -2.15. The standard InChI is InChI=1S/C21H22N6O2S/c1-21(2,3)18(28)14-10-23-19-17(14)26-15(11-24-19)25-16-7-6-13(30-16)8-12(9-22)20(29)27(4)5/h6-8,10-11H,1-5H3,(H,23,24)(H,25,26)/b12-8+. The molecule has 0 radical (unpaired) electrons. The van der Waals surface area contributed by atoms with Crippen LogP contribution in [0.3, 0.4) is 0 Å². The van der Waals surface area contributed by atoms with E-state index in [1.54, 1.807) is 32.6 Å². The number of H-pyrrole nitrogens is 1. The van der Waals surface area contributed by atoms with Crippen molar-refractivity contribution in [3.63, 3.8) is 0 Å². The van der Waals surface area contributed by atoms with Gasteiger partial charge in [0.15, 0.2) is 11.4 Å². The summed E-state index contributed by atoms with van der Waals surface area (Å²) in [7, 11) is 3.20. The number of nitrogens with zero attached hydrogens (tertiary/aromatic N) is 4. The van der Waals surface area contributed by atoms with Gasteiger partial charge in [-0.3, -0.25) is 9.59 Å². The van der Waals surface area contributed by atoms with Gasteiger partial charge < -0.3 is 15.2 Å². The average Bonchev–Trinajstić information content (AvgIpc) is 3.30. The highest BCUT2D eigenvalue weighted by Gasteiger charge is 2.26. The molecule has 2 N–H and O–H groups in total. The predicted molar refractivity (Wildman–Crippen MR) is 118 cm³/mol. The first-order valence-electron chi connectivity index (χ1n) is 9.19. The van der Waals surface area contributed by atoms with E-state index in [0.29, 0.717) is 22.5 Å². The number of anilines is 2. The third-order valence-electron chi connectivity index (χ3n) is 4.23.